The lowest BCUT2D eigenvalue weighted by Crippen LogP contribution is -2.39. The highest BCUT2D eigenvalue weighted by Crippen LogP contribution is 2.38. The zero-order valence-corrected chi connectivity index (χ0v) is 20.7. The number of amides is 1. The van der Waals surface area contributed by atoms with Crippen molar-refractivity contribution in [2.45, 2.75) is 18.0 Å². The number of hydrogen-bond acceptors (Lipinski definition) is 5. The Balaban J connectivity index is 1.92. The molecule has 12 heteroatoms. The summed E-state index contributed by atoms with van der Waals surface area (Å²) in [6, 6.07) is 15.0. The van der Waals surface area contributed by atoms with Crippen molar-refractivity contribution >= 4 is 39.4 Å². The van der Waals surface area contributed by atoms with Crippen LogP contribution in [0.25, 0.3) is 0 Å². The molecule has 0 saturated heterocycles. The number of halogens is 4. The van der Waals surface area contributed by atoms with E-state index in [2.05, 4.69) is 10.5 Å². The number of nitrogens with zero attached hydrogens (tertiary/aromatic N) is 2. The molecule has 0 saturated carbocycles. The van der Waals surface area contributed by atoms with Crippen LogP contribution >= 0.6 is 11.6 Å². The highest BCUT2D eigenvalue weighted by Gasteiger charge is 2.35. The first-order chi connectivity index (χ1) is 16.9. The van der Waals surface area contributed by atoms with Crippen molar-refractivity contribution in [3.8, 4) is 5.75 Å². The summed E-state index contributed by atoms with van der Waals surface area (Å²) >= 11 is 5.69. The monoisotopic (exact) mass is 539 g/mol. The minimum absolute atomic E-state index is 0.203. The van der Waals surface area contributed by atoms with Crippen molar-refractivity contribution in [1.29, 1.82) is 0 Å². The fourth-order valence-electron chi connectivity index (χ4n) is 3.07. The van der Waals surface area contributed by atoms with Crippen LogP contribution < -0.4 is 14.5 Å². The van der Waals surface area contributed by atoms with E-state index in [0.29, 0.717) is 21.7 Å². The van der Waals surface area contributed by atoms with Gasteiger partial charge in [-0.1, -0.05) is 29.3 Å². The summed E-state index contributed by atoms with van der Waals surface area (Å²) in [5, 5.41) is 3.19. The molecule has 3 aromatic carbocycles. The molecule has 7 nitrogen and oxygen atoms in total. The van der Waals surface area contributed by atoms with Crippen LogP contribution in [0.1, 0.15) is 16.7 Å². The maximum atomic E-state index is 13.4. The maximum Gasteiger partial charge on any atom is 0.417 e. The number of hydrogen-bond donors (Lipinski definition) is 1. The molecular weight excluding hydrogens is 519 g/mol. The Bertz CT molecular complexity index is 1360. The van der Waals surface area contributed by atoms with E-state index in [1.807, 2.05) is 0 Å². The molecule has 3 aromatic rings. The number of sulfonamides is 1. The predicted octanol–water partition coefficient (Wildman–Crippen LogP) is 5.02. The predicted molar refractivity (Wildman–Crippen MR) is 131 cm³/mol. The van der Waals surface area contributed by atoms with E-state index in [-0.39, 0.29) is 10.6 Å². The van der Waals surface area contributed by atoms with Gasteiger partial charge in [-0.25, -0.2) is 13.8 Å². The average molecular weight is 540 g/mol. The maximum absolute atomic E-state index is 13.4. The molecule has 0 aliphatic rings. The fourth-order valence-corrected chi connectivity index (χ4v) is 4.71. The van der Waals surface area contributed by atoms with Gasteiger partial charge >= 0.3 is 6.18 Å². The molecule has 1 amide bonds. The minimum Gasteiger partial charge on any atom is -0.497 e. The smallest absolute Gasteiger partial charge is 0.417 e. The Morgan fingerprint density at radius 2 is 1.72 bits per heavy atom. The number of carbonyl (C=O) groups excluding carboxylic acids is 1. The Morgan fingerprint density at radius 1 is 1.08 bits per heavy atom. The van der Waals surface area contributed by atoms with Crippen LogP contribution in [-0.4, -0.2) is 34.2 Å². The summed E-state index contributed by atoms with van der Waals surface area (Å²) < 4.78 is 72.7. The summed E-state index contributed by atoms with van der Waals surface area (Å²) in [6.07, 6.45) is -3.52. The molecule has 0 fully saturated rings. The van der Waals surface area contributed by atoms with Gasteiger partial charge in [0.1, 0.15) is 12.3 Å². The number of methoxy groups -OCH3 is 1. The number of hydrazone groups is 1. The number of benzene rings is 3. The van der Waals surface area contributed by atoms with Gasteiger partial charge in [0.15, 0.2) is 0 Å². The quantitative estimate of drug-likeness (QED) is 0.321. The average Bonchev–Trinajstić information content (AvgIpc) is 2.83. The second kappa shape index (κ2) is 11.0. The van der Waals surface area contributed by atoms with Gasteiger partial charge in [0.25, 0.3) is 15.9 Å². The number of alkyl halides is 3. The molecule has 0 radical (unpaired) electrons. The number of nitrogens with one attached hydrogen (secondary N) is 1. The lowest BCUT2D eigenvalue weighted by Gasteiger charge is -2.25. The normalized spacial score (nSPS) is 11.9. The molecule has 0 spiro atoms. The summed E-state index contributed by atoms with van der Waals surface area (Å²) in [5.41, 5.74) is 1.97. The van der Waals surface area contributed by atoms with E-state index >= 15 is 0 Å². The molecule has 0 atom stereocenters. The number of ether oxygens (including phenoxy) is 1. The van der Waals surface area contributed by atoms with E-state index in [1.165, 1.54) is 37.6 Å². The highest BCUT2D eigenvalue weighted by molar-refractivity contribution is 7.92. The van der Waals surface area contributed by atoms with Gasteiger partial charge in [0, 0.05) is 0 Å². The summed E-state index contributed by atoms with van der Waals surface area (Å²) in [5.74, 6) is -0.256. The van der Waals surface area contributed by atoms with Gasteiger partial charge in [-0.05, 0) is 67.1 Å². The van der Waals surface area contributed by atoms with Gasteiger partial charge in [0.05, 0.1) is 34.5 Å². The topological polar surface area (TPSA) is 88.1 Å². The van der Waals surface area contributed by atoms with E-state index in [0.717, 1.165) is 17.7 Å². The first-order valence-electron chi connectivity index (χ1n) is 10.3. The van der Waals surface area contributed by atoms with Crippen molar-refractivity contribution in [3.63, 3.8) is 0 Å². The van der Waals surface area contributed by atoms with Crippen molar-refractivity contribution in [3.05, 3.63) is 88.4 Å². The highest BCUT2D eigenvalue weighted by atomic mass is 35.5. The molecule has 36 heavy (non-hydrogen) atoms. The molecule has 1 N–H and O–H groups in total. The molecule has 0 bridgehead atoms. The second-order valence-electron chi connectivity index (χ2n) is 7.55. The van der Waals surface area contributed by atoms with Crippen LogP contribution in [0.4, 0.5) is 18.9 Å². The molecule has 0 aliphatic heterocycles. The van der Waals surface area contributed by atoms with Crippen molar-refractivity contribution in [1.82, 2.24) is 5.43 Å². The first-order valence-corrected chi connectivity index (χ1v) is 12.2. The zero-order chi connectivity index (χ0) is 26.5. The van der Waals surface area contributed by atoms with Gasteiger partial charge in [-0.2, -0.15) is 18.3 Å². The Labute approximate surface area is 211 Å². The molecular formula is C24H21ClF3N3O4S. The van der Waals surface area contributed by atoms with Crippen molar-refractivity contribution in [2.24, 2.45) is 5.10 Å². The fraction of sp³-hybridized carbons (Fsp3) is 0.167. The third kappa shape index (κ3) is 6.55. The molecule has 0 unspecified atom stereocenters. The minimum atomic E-state index is -4.84. The van der Waals surface area contributed by atoms with Crippen LogP contribution in [-0.2, 0) is 21.0 Å². The number of aryl methyl sites for hydroxylation is 1. The number of anilines is 1. The van der Waals surface area contributed by atoms with Gasteiger partial charge in [-0.3, -0.25) is 9.10 Å². The lowest BCUT2D eigenvalue weighted by molar-refractivity contribution is -0.137. The van der Waals surface area contributed by atoms with Crippen LogP contribution in [0.5, 0.6) is 5.75 Å². The molecule has 3 rings (SSSR count). The second-order valence-corrected chi connectivity index (χ2v) is 9.82. The van der Waals surface area contributed by atoms with Crippen LogP contribution in [0.2, 0.25) is 5.02 Å². The van der Waals surface area contributed by atoms with Crippen molar-refractivity contribution < 1.29 is 31.1 Å². The third-order valence-corrected chi connectivity index (χ3v) is 7.08. The third-order valence-electron chi connectivity index (χ3n) is 4.96. The Kier molecular flexibility index (Phi) is 8.26. The molecule has 190 valence electrons. The van der Waals surface area contributed by atoms with E-state index in [1.54, 1.807) is 31.2 Å². The van der Waals surface area contributed by atoms with E-state index in [9.17, 15) is 26.4 Å². The van der Waals surface area contributed by atoms with Crippen LogP contribution in [0, 0.1) is 6.92 Å². The van der Waals surface area contributed by atoms with E-state index < -0.39 is 39.2 Å². The summed E-state index contributed by atoms with van der Waals surface area (Å²) in [4.78, 5) is 12.4. The van der Waals surface area contributed by atoms with Crippen LogP contribution in [0.15, 0.2) is 76.7 Å². The SMILES string of the molecule is COc1ccc(/C=N\NC(=O)CN(c2ccc(Cl)c(C(F)(F)F)c2)S(=O)(=O)c2ccc(C)cc2)cc1. The van der Waals surface area contributed by atoms with Crippen LogP contribution in [0.3, 0.4) is 0 Å². The van der Waals surface area contributed by atoms with E-state index in [4.69, 9.17) is 16.3 Å². The van der Waals surface area contributed by atoms with Gasteiger partial charge in [-0.15, -0.1) is 0 Å². The first kappa shape index (κ1) is 27.0. The molecule has 0 aromatic heterocycles. The Morgan fingerprint density at radius 3 is 2.31 bits per heavy atom. The van der Waals surface area contributed by atoms with Crippen molar-refractivity contribution in [2.75, 3.05) is 18.0 Å². The standard InChI is InChI=1S/C24H21ClF3N3O4S/c1-16-3-10-20(11-4-16)36(33,34)31(18-7-12-22(25)21(13-18)24(26,27)28)15-23(32)30-29-14-17-5-8-19(35-2)9-6-17/h3-14H,15H2,1-2H3,(H,30,32)/b29-14-. The van der Waals surface area contributed by atoms with Gasteiger partial charge < -0.3 is 4.74 Å². The summed E-state index contributed by atoms with van der Waals surface area (Å²) in [7, 11) is -2.92. The molecule has 0 heterocycles. The summed E-state index contributed by atoms with van der Waals surface area (Å²) in [6.45, 7) is 0.909. The van der Waals surface area contributed by atoms with Gasteiger partial charge in [0.2, 0.25) is 0 Å². The lowest BCUT2D eigenvalue weighted by atomic mass is 10.2. The Hall–Kier alpha value is -3.57. The number of rotatable bonds is 8. The number of carbonyl (C=O) groups is 1. The largest absolute Gasteiger partial charge is 0.497 e. The molecule has 0 aliphatic carbocycles. The zero-order valence-electron chi connectivity index (χ0n) is 19.1.